The molecular weight excluding hydrogens is 280 g/mol. The Bertz CT molecular complexity index is 477. The second-order valence-electron chi connectivity index (χ2n) is 4.92. The van der Waals surface area contributed by atoms with Crippen molar-refractivity contribution in [1.82, 2.24) is 10.0 Å². The molecule has 0 fully saturated rings. The zero-order valence-corrected chi connectivity index (χ0v) is 13.7. The van der Waals surface area contributed by atoms with Crippen LogP contribution >= 0.6 is 11.3 Å². The molecule has 0 aromatic carbocycles. The highest BCUT2D eigenvalue weighted by atomic mass is 32.2. The molecule has 0 unspecified atom stereocenters. The van der Waals surface area contributed by atoms with Crippen LogP contribution in [-0.2, 0) is 16.6 Å². The Kier molecular flexibility index (Phi) is 6.46. The van der Waals surface area contributed by atoms with Gasteiger partial charge in [0.15, 0.2) is 0 Å². The average molecular weight is 304 g/mol. The van der Waals surface area contributed by atoms with Crippen molar-refractivity contribution >= 4 is 21.4 Å². The Labute approximate surface area is 120 Å². The van der Waals surface area contributed by atoms with Crippen molar-refractivity contribution in [3.8, 4) is 0 Å². The third-order valence-electron chi connectivity index (χ3n) is 2.93. The summed E-state index contributed by atoms with van der Waals surface area (Å²) in [7, 11) is -3.37. The summed E-state index contributed by atoms with van der Waals surface area (Å²) in [6.07, 6.45) is 1.61. The summed E-state index contributed by atoms with van der Waals surface area (Å²) >= 11 is 1.48. The molecule has 0 saturated carbocycles. The molecule has 0 aliphatic heterocycles. The van der Waals surface area contributed by atoms with Crippen LogP contribution in [0.2, 0.25) is 0 Å². The minimum Gasteiger partial charge on any atom is -0.310 e. The van der Waals surface area contributed by atoms with Gasteiger partial charge in [0, 0.05) is 28.9 Å². The molecule has 2 N–H and O–H groups in total. The maximum Gasteiger partial charge on any atom is 0.241 e. The van der Waals surface area contributed by atoms with Crippen LogP contribution < -0.4 is 10.0 Å². The van der Waals surface area contributed by atoms with E-state index < -0.39 is 10.0 Å². The minimum atomic E-state index is -3.37. The molecule has 1 aromatic rings. The molecule has 0 aliphatic rings. The van der Waals surface area contributed by atoms with Crippen molar-refractivity contribution in [2.45, 2.75) is 64.1 Å². The van der Waals surface area contributed by atoms with Crippen molar-refractivity contribution in [3.05, 3.63) is 16.3 Å². The molecular formula is C13H24N2O2S2. The van der Waals surface area contributed by atoms with Gasteiger partial charge >= 0.3 is 0 Å². The van der Waals surface area contributed by atoms with E-state index >= 15 is 0 Å². The standard InChI is InChI=1S/C13H24N2O2S2/c1-5-11(6-2)15-19(16,17)13-7-12(18-9-13)8-14-10(3)4/h7,9-11,14-15H,5-6,8H2,1-4H3. The van der Waals surface area contributed by atoms with Gasteiger partial charge in [-0.1, -0.05) is 27.7 Å². The largest absolute Gasteiger partial charge is 0.310 e. The van der Waals surface area contributed by atoms with Gasteiger partial charge in [0.05, 0.1) is 4.90 Å². The van der Waals surface area contributed by atoms with Crippen LogP contribution in [0.3, 0.4) is 0 Å². The van der Waals surface area contributed by atoms with Crippen LogP contribution in [0.25, 0.3) is 0 Å². The quantitative estimate of drug-likeness (QED) is 0.776. The predicted molar refractivity (Wildman–Crippen MR) is 81.0 cm³/mol. The van der Waals surface area contributed by atoms with Crippen LogP contribution in [0, 0.1) is 0 Å². The first-order valence-corrected chi connectivity index (χ1v) is 9.08. The molecule has 0 radical (unpaired) electrons. The van der Waals surface area contributed by atoms with Gasteiger partial charge in [0.1, 0.15) is 0 Å². The lowest BCUT2D eigenvalue weighted by Gasteiger charge is -2.13. The van der Waals surface area contributed by atoms with Crippen molar-refractivity contribution in [3.63, 3.8) is 0 Å². The molecule has 0 bridgehead atoms. The van der Waals surface area contributed by atoms with E-state index in [1.165, 1.54) is 11.3 Å². The molecule has 0 saturated heterocycles. The lowest BCUT2D eigenvalue weighted by molar-refractivity contribution is 0.530. The molecule has 0 aliphatic carbocycles. The van der Waals surface area contributed by atoms with Gasteiger partial charge in [-0.3, -0.25) is 0 Å². The molecule has 1 aromatic heterocycles. The highest BCUT2D eigenvalue weighted by Crippen LogP contribution is 2.20. The number of hydrogen-bond donors (Lipinski definition) is 2. The van der Waals surface area contributed by atoms with Gasteiger partial charge in [0.2, 0.25) is 10.0 Å². The van der Waals surface area contributed by atoms with E-state index in [9.17, 15) is 8.42 Å². The van der Waals surface area contributed by atoms with Crippen molar-refractivity contribution in [2.24, 2.45) is 0 Å². The fraction of sp³-hybridized carbons (Fsp3) is 0.692. The van der Waals surface area contributed by atoms with E-state index in [0.29, 0.717) is 17.5 Å². The van der Waals surface area contributed by atoms with Gasteiger partial charge in [-0.2, -0.15) is 0 Å². The second kappa shape index (κ2) is 7.38. The number of sulfonamides is 1. The average Bonchev–Trinajstić information content (AvgIpc) is 2.83. The maximum absolute atomic E-state index is 12.2. The van der Waals surface area contributed by atoms with Crippen LogP contribution in [0.5, 0.6) is 0 Å². The fourth-order valence-corrected chi connectivity index (χ4v) is 4.27. The van der Waals surface area contributed by atoms with Gasteiger partial charge in [0.25, 0.3) is 0 Å². The molecule has 0 amide bonds. The zero-order chi connectivity index (χ0) is 14.5. The number of nitrogens with one attached hydrogen (secondary N) is 2. The van der Waals surface area contributed by atoms with E-state index in [-0.39, 0.29) is 6.04 Å². The summed E-state index contributed by atoms with van der Waals surface area (Å²) in [5.74, 6) is 0. The number of rotatable bonds is 8. The van der Waals surface area contributed by atoms with Crippen LogP contribution in [0.4, 0.5) is 0 Å². The molecule has 0 spiro atoms. The number of thiophene rings is 1. The number of hydrogen-bond acceptors (Lipinski definition) is 4. The SMILES string of the molecule is CCC(CC)NS(=O)(=O)c1csc(CNC(C)C)c1. The van der Waals surface area contributed by atoms with E-state index in [4.69, 9.17) is 0 Å². The molecule has 110 valence electrons. The molecule has 4 nitrogen and oxygen atoms in total. The smallest absolute Gasteiger partial charge is 0.241 e. The van der Waals surface area contributed by atoms with Gasteiger partial charge in [-0.15, -0.1) is 11.3 Å². The van der Waals surface area contributed by atoms with Gasteiger partial charge < -0.3 is 5.32 Å². The monoisotopic (exact) mass is 304 g/mol. The molecule has 1 rings (SSSR count). The Morgan fingerprint density at radius 3 is 2.42 bits per heavy atom. The fourth-order valence-electron chi connectivity index (χ4n) is 1.64. The Balaban J connectivity index is 2.74. The van der Waals surface area contributed by atoms with E-state index in [2.05, 4.69) is 23.9 Å². The Hall–Kier alpha value is -0.430. The Morgan fingerprint density at radius 2 is 1.89 bits per heavy atom. The molecule has 1 heterocycles. The third kappa shape index (κ3) is 5.22. The summed E-state index contributed by atoms with van der Waals surface area (Å²) in [6.45, 7) is 8.83. The van der Waals surface area contributed by atoms with Crippen molar-refractivity contribution < 1.29 is 8.42 Å². The van der Waals surface area contributed by atoms with E-state index in [1.54, 1.807) is 11.4 Å². The van der Waals surface area contributed by atoms with Crippen molar-refractivity contribution in [2.75, 3.05) is 0 Å². The van der Waals surface area contributed by atoms with Crippen LogP contribution in [-0.4, -0.2) is 20.5 Å². The summed E-state index contributed by atoms with van der Waals surface area (Å²) in [6, 6.07) is 2.16. The first kappa shape index (κ1) is 16.6. The lowest BCUT2D eigenvalue weighted by Crippen LogP contribution is -2.33. The third-order valence-corrected chi connectivity index (χ3v) is 5.52. The minimum absolute atomic E-state index is 0.0159. The summed E-state index contributed by atoms with van der Waals surface area (Å²) in [5, 5.41) is 5.00. The first-order chi connectivity index (χ1) is 8.89. The predicted octanol–water partition coefficient (Wildman–Crippen LogP) is 2.71. The highest BCUT2D eigenvalue weighted by molar-refractivity contribution is 7.89. The normalized spacial score (nSPS) is 12.5. The summed E-state index contributed by atoms with van der Waals surface area (Å²) in [5.41, 5.74) is 0. The summed E-state index contributed by atoms with van der Waals surface area (Å²) in [4.78, 5) is 1.42. The van der Waals surface area contributed by atoms with Crippen LogP contribution in [0.15, 0.2) is 16.3 Å². The second-order valence-corrected chi connectivity index (χ2v) is 7.63. The molecule has 0 atom stereocenters. The Morgan fingerprint density at radius 1 is 1.26 bits per heavy atom. The zero-order valence-electron chi connectivity index (χ0n) is 12.1. The highest BCUT2D eigenvalue weighted by Gasteiger charge is 2.19. The van der Waals surface area contributed by atoms with Crippen molar-refractivity contribution in [1.29, 1.82) is 0 Å². The summed E-state index contributed by atoms with van der Waals surface area (Å²) < 4.78 is 27.1. The van der Waals surface area contributed by atoms with E-state index in [1.807, 2.05) is 13.8 Å². The molecule has 19 heavy (non-hydrogen) atoms. The van der Waals surface area contributed by atoms with Crippen LogP contribution in [0.1, 0.15) is 45.4 Å². The topological polar surface area (TPSA) is 58.2 Å². The molecule has 6 heteroatoms. The first-order valence-electron chi connectivity index (χ1n) is 6.72. The van der Waals surface area contributed by atoms with Gasteiger partial charge in [-0.25, -0.2) is 13.1 Å². The van der Waals surface area contributed by atoms with Gasteiger partial charge in [-0.05, 0) is 18.9 Å². The maximum atomic E-state index is 12.2. The lowest BCUT2D eigenvalue weighted by atomic mass is 10.2. The van der Waals surface area contributed by atoms with E-state index in [0.717, 1.165) is 17.7 Å².